The zero-order valence-electron chi connectivity index (χ0n) is 8.14. The number of aldehydes is 1. The number of rotatable bonds is 3. The highest BCUT2D eigenvalue weighted by Crippen LogP contribution is 2.23. The molecule has 0 aliphatic carbocycles. The molecule has 1 aromatic carbocycles. The van der Waals surface area contributed by atoms with Crippen LogP contribution in [0.1, 0.15) is 10.7 Å². The second kappa shape index (κ2) is 3.96. The lowest BCUT2D eigenvalue weighted by atomic mass is 10.2. The summed E-state index contributed by atoms with van der Waals surface area (Å²) in [6, 6.07) is 7.35. The van der Waals surface area contributed by atoms with Gasteiger partial charge in [-0.25, -0.2) is 4.98 Å². The fourth-order valence-corrected chi connectivity index (χ4v) is 1.25. The van der Waals surface area contributed by atoms with E-state index in [9.17, 15) is 4.79 Å². The minimum Gasteiger partial charge on any atom is -0.497 e. The van der Waals surface area contributed by atoms with Gasteiger partial charge in [0.2, 0.25) is 6.29 Å². The van der Waals surface area contributed by atoms with Gasteiger partial charge in [0.25, 0.3) is 5.89 Å². The largest absolute Gasteiger partial charge is 0.497 e. The van der Waals surface area contributed by atoms with Crippen LogP contribution < -0.4 is 4.74 Å². The molecular weight excluding hydrogens is 194 g/mol. The molecule has 0 spiro atoms. The van der Waals surface area contributed by atoms with Crippen molar-refractivity contribution in [3.63, 3.8) is 0 Å². The van der Waals surface area contributed by atoms with E-state index < -0.39 is 0 Å². The molecule has 2 aromatic rings. The molecule has 2 rings (SSSR count). The van der Waals surface area contributed by atoms with Crippen LogP contribution in [-0.4, -0.2) is 18.4 Å². The van der Waals surface area contributed by atoms with Crippen molar-refractivity contribution in [2.45, 2.75) is 0 Å². The lowest BCUT2D eigenvalue weighted by Gasteiger charge is -2.00. The van der Waals surface area contributed by atoms with Crippen molar-refractivity contribution in [3.05, 3.63) is 36.4 Å². The van der Waals surface area contributed by atoms with Crippen molar-refractivity contribution in [2.75, 3.05) is 7.11 Å². The monoisotopic (exact) mass is 203 g/mol. The fraction of sp³-hybridized carbons (Fsp3) is 0.0909. The summed E-state index contributed by atoms with van der Waals surface area (Å²) in [5, 5.41) is 0. The van der Waals surface area contributed by atoms with Gasteiger partial charge in [-0.3, -0.25) is 4.79 Å². The molecule has 0 aliphatic rings. The molecule has 0 radical (unpaired) electrons. The van der Waals surface area contributed by atoms with Crippen LogP contribution in [0.2, 0.25) is 0 Å². The molecule has 1 heterocycles. The number of benzene rings is 1. The Balaban J connectivity index is 2.39. The van der Waals surface area contributed by atoms with Crippen molar-refractivity contribution < 1.29 is 13.9 Å². The van der Waals surface area contributed by atoms with Gasteiger partial charge >= 0.3 is 0 Å². The summed E-state index contributed by atoms with van der Waals surface area (Å²) in [6.07, 6.45) is 2.09. The summed E-state index contributed by atoms with van der Waals surface area (Å²) in [6.45, 7) is 0. The van der Waals surface area contributed by atoms with Gasteiger partial charge in [0.05, 0.1) is 13.3 Å². The van der Waals surface area contributed by atoms with E-state index >= 15 is 0 Å². The Bertz CT molecular complexity index is 476. The first-order valence-corrected chi connectivity index (χ1v) is 4.39. The number of aromatic nitrogens is 1. The number of oxazole rings is 1. The van der Waals surface area contributed by atoms with E-state index in [0.717, 1.165) is 11.3 Å². The summed E-state index contributed by atoms with van der Waals surface area (Å²) in [4.78, 5) is 14.2. The van der Waals surface area contributed by atoms with Crippen molar-refractivity contribution in [3.8, 4) is 17.1 Å². The van der Waals surface area contributed by atoms with Crippen LogP contribution in [0.25, 0.3) is 11.3 Å². The normalized spacial score (nSPS) is 9.93. The highest BCUT2D eigenvalue weighted by molar-refractivity contribution is 5.69. The molecule has 0 aliphatic heterocycles. The number of nitrogens with zero attached hydrogens (tertiary/aromatic N) is 1. The molecule has 15 heavy (non-hydrogen) atoms. The SMILES string of the molecule is COc1cccc(-c2cnc(C=O)o2)c1. The molecule has 0 unspecified atom stereocenters. The third-order valence-corrected chi connectivity index (χ3v) is 1.98. The van der Waals surface area contributed by atoms with E-state index in [4.69, 9.17) is 9.15 Å². The van der Waals surface area contributed by atoms with E-state index in [-0.39, 0.29) is 5.89 Å². The Morgan fingerprint density at radius 2 is 2.33 bits per heavy atom. The van der Waals surface area contributed by atoms with Gasteiger partial charge in [0.15, 0.2) is 5.76 Å². The van der Waals surface area contributed by atoms with E-state index in [1.165, 1.54) is 6.20 Å². The average molecular weight is 203 g/mol. The van der Waals surface area contributed by atoms with Gasteiger partial charge in [-0.05, 0) is 12.1 Å². The molecule has 0 N–H and O–H groups in total. The molecule has 4 nitrogen and oxygen atoms in total. The van der Waals surface area contributed by atoms with Crippen LogP contribution in [0.4, 0.5) is 0 Å². The van der Waals surface area contributed by atoms with Gasteiger partial charge in [-0.1, -0.05) is 12.1 Å². The maximum absolute atomic E-state index is 10.4. The number of hydrogen-bond donors (Lipinski definition) is 0. The summed E-state index contributed by atoms with van der Waals surface area (Å²) < 4.78 is 10.3. The maximum Gasteiger partial charge on any atom is 0.260 e. The van der Waals surface area contributed by atoms with Crippen LogP contribution in [0.3, 0.4) is 0 Å². The Morgan fingerprint density at radius 3 is 3.00 bits per heavy atom. The average Bonchev–Trinajstić information content (AvgIpc) is 2.78. The molecule has 1 aromatic heterocycles. The number of carbonyl (C=O) groups is 1. The molecule has 0 amide bonds. The fourth-order valence-electron chi connectivity index (χ4n) is 1.25. The van der Waals surface area contributed by atoms with Crippen molar-refractivity contribution in [2.24, 2.45) is 0 Å². The zero-order valence-corrected chi connectivity index (χ0v) is 8.14. The lowest BCUT2D eigenvalue weighted by molar-refractivity contribution is 0.109. The third-order valence-electron chi connectivity index (χ3n) is 1.98. The van der Waals surface area contributed by atoms with E-state index in [1.54, 1.807) is 7.11 Å². The van der Waals surface area contributed by atoms with E-state index in [2.05, 4.69) is 4.98 Å². The molecular formula is C11H9NO3. The Hall–Kier alpha value is -2.10. The predicted molar refractivity (Wildman–Crippen MR) is 53.9 cm³/mol. The summed E-state index contributed by atoms with van der Waals surface area (Å²) >= 11 is 0. The van der Waals surface area contributed by atoms with Crippen LogP contribution in [0, 0.1) is 0 Å². The number of ether oxygens (including phenoxy) is 1. The molecule has 0 fully saturated rings. The molecule has 76 valence electrons. The Morgan fingerprint density at radius 1 is 1.47 bits per heavy atom. The predicted octanol–water partition coefficient (Wildman–Crippen LogP) is 2.16. The number of hydrogen-bond acceptors (Lipinski definition) is 4. The quantitative estimate of drug-likeness (QED) is 0.717. The van der Waals surface area contributed by atoms with E-state index in [0.29, 0.717) is 12.0 Å². The first-order chi connectivity index (χ1) is 7.33. The number of methoxy groups -OCH3 is 1. The molecule has 0 bridgehead atoms. The third kappa shape index (κ3) is 1.88. The van der Waals surface area contributed by atoms with Gasteiger partial charge in [0.1, 0.15) is 5.75 Å². The molecule has 4 heteroatoms. The van der Waals surface area contributed by atoms with Crippen molar-refractivity contribution in [1.29, 1.82) is 0 Å². The van der Waals surface area contributed by atoms with Crippen LogP contribution in [0.5, 0.6) is 5.75 Å². The Kier molecular flexibility index (Phi) is 2.49. The molecule has 0 saturated heterocycles. The highest BCUT2D eigenvalue weighted by atomic mass is 16.5. The minimum absolute atomic E-state index is 0.0767. The molecule has 0 saturated carbocycles. The number of carbonyl (C=O) groups excluding carboxylic acids is 1. The second-order valence-corrected chi connectivity index (χ2v) is 2.91. The van der Waals surface area contributed by atoms with Crippen molar-refractivity contribution >= 4 is 6.29 Å². The van der Waals surface area contributed by atoms with Gasteiger partial charge in [-0.2, -0.15) is 0 Å². The smallest absolute Gasteiger partial charge is 0.260 e. The topological polar surface area (TPSA) is 52.3 Å². The summed E-state index contributed by atoms with van der Waals surface area (Å²) in [5.74, 6) is 1.36. The van der Waals surface area contributed by atoms with Gasteiger partial charge < -0.3 is 9.15 Å². The Labute approximate surface area is 86.5 Å². The zero-order chi connectivity index (χ0) is 10.7. The van der Waals surface area contributed by atoms with Gasteiger partial charge in [0, 0.05) is 5.56 Å². The summed E-state index contributed by atoms with van der Waals surface area (Å²) in [7, 11) is 1.59. The second-order valence-electron chi connectivity index (χ2n) is 2.91. The standard InChI is InChI=1S/C11H9NO3/c1-14-9-4-2-3-8(5-9)10-6-12-11(7-13)15-10/h2-7H,1H3. The first kappa shape index (κ1) is 9.45. The van der Waals surface area contributed by atoms with Crippen molar-refractivity contribution in [1.82, 2.24) is 4.98 Å². The van der Waals surface area contributed by atoms with Gasteiger partial charge in [-0.15, -0.1) is 0 Å². The van der Waals surface area contributed by atoms with Crippen LogP contribution in [0.15, 0.2) is 34.9 Å². The lowest BCUT2D eigenvalue weighted by Crippen LogP contribution is -1.82. The van der Waals surface area contributed by atoms with E-state index in [1.807, 2.05) is 24.3 Å². The maximum atomic E-state index is 10.4. The minimum atomic E-state index is 0.0767. The summed E-state index contributed by atoms with van der Waals surface area (Å²) in [5.41, 5.74) is 0.829. The molecule has 0 atom stereocenters. The van der Waals surface area contributed by atoms with Crippen LogP contribution >= 0.6 is 0 Å². The van der Waals surface area contributed by atoms with Crippen LogP contribution in [-0.2, 0) is 0 Å². The highest BCUT2D eigenvalue weighted by Gasteiger charge is 2.05. The first-order valence-electron chi connectivity index (χ1n) is 4.39.